The van der Waals surface area contributed by atoms with Gasteiger partial charge in [-0.25, -0.2) is 9.59 Å². The summed E-state index contributed by atoms with van der Waals surface area (Å²) < 4.78 is 6.88. The Bertz CT molecular complexity index is 1310. The molecule has 7 nitrogen and oxygen atoms in total. The predicted octanol–water partition coefficient (Wildman–Crippen LogP) is 4.57. The second-order valence-electron chi connectivity index (χ2n) is 6.44. The summed E-state index contributed by atoms with van der Waals surface area (Å²) in [6.45, 7) is 0. The Morgan fingerprint density at radius 3 is 2.33 bits per heavy atom. The van der Waals surface area contributed by atoms with Crippen LogP contribution in [-0.2, 0) is 0 Å². The second kappa shape index (κ2) is 7.92. The van der Waals surface area contributed by atoms with E-state index in [1.165, 1.54) is 6.07 Å². The number of hydrogen-bond acceptors (Lipinski definition) is 4. The van der Waals surface area contributed by atoms with Gasteiger partial charge in [-0.05, 0) is 36.4 Å². The van der Waals surface area contributed by atoms with Crippen LogP contribution in [0.4, 0.5) is 10.5 Å². The van der Waals surface area contributed by atoms with Crippen LogP contribution in [0, 0.1) is 0 Å². The van der Waals surface area contributed by atoms with E-state index in [2.05, 4.69) is 5.32 Å². The minimum absolute atomic E-state index is 0.147. The smallest absolute Gasteiger partial charge is 0.341 e. The highest BCUT2D eigenvalue weighted by Gasteiger charge is 2.17. The van der Waals surface area contributed by atoms with Crippen molar-refractivity contribution in [3.63, 3.8) is 0 Å². The monoisotopic (exact) mass is 400 g/mol. The van der Waals surface area contributed by atoms with Gasteiger partial charge in [0, 0.05) is 23.3 Å². The van der Waals surface area contributed by atoms with Crippen LogP contribution in [0.2, 0.25) is 0 Å². The number of aromatic carboxylic acids is 1. The molecule has 0 aliphatic rings. The number of fused-ring (bicyclic) bond motifs is 1. The number of benzene rings is 3. The standard InChI is InChI=1S/C23H16N2O5/c26-21-18-11-4-5-12-20(18)25(14-19(21)22(27)28)23(29)24-15-7-6-10-17(13-15)30-16-8-2-1-3-9-16/h1-14H,(H,24,29)(H,27,28). The summed E-state index contributed by atoms with van der Waals surface area (Å²) in [5.41, 5.74) is -0.361. The lowest BCUT2D eigenvalue weighted by molar-refractivity contribution is 0.0695. The summed E-state index contributed by atoms with van der Waals surface area (Å²) in [4.78, 5) is 36.7. The number of aromatic nitrogens is 1. The Labute approximate surface area is 170 Å². The van der Waals surface area contributed by atoms with Crippen molar-refractivity contribution in [2.24, 2.45) is 0 Å². The predicted molar refractivity (Wildman–Crippen MR) is 113 cm³/mol. The topological polar surface area (TPSA) is 97.6 Å². The first-order valence-electron chi connectivity index (χ1n) is 9.05. The van der Waals surface area contributed by atoms with Crippen molar-refractivity contribution in [2.45, 2.75) is 0 Å². The summed E-state index contributed by atoms with van der Waals surface area (Å²) in [6.07, 6.45) is 1.03. The molecule has 1 aromatic heterocycles. The van der Waals surface area contributed by atoms with E-state index >= 15 is 0 Å². The molecule has 1 amide bonds. The van der Waals surface area contributed by atoms with Gasteiger partial charge in [0.05, 0.1) is 5.52 Å². The minimum Gasteiger partial charge on any atom is -0.477 e. The Balaban J connectivity index is 1.67. The van der Waals surface area contributed by atoms with E-state index < -0.39 is 23.0 Å². The number of anilines is 1. The van der Waals surface area contributed by atoms with Gasteiger partial charge in [0.15, 0.2) is 0 Å². The third-order valence-electron chi connectivity index (χ3n) is 4.42. The molecule has 1 heterocycles. The largest absolute Gasteiger partial charge is 0.477 e. The summed E-state index contributed by atoms with van der Waals surface area (Å²) in [5.74, 6) is -0.223. The Morgan fingerprint density at radius 2 is 1.57 bits per heavy atom. The normalized spacial score (nSPS) is 10.5. The molecule has 0 fully saturated rings. The fourth-order valence-electron chi connectivity index (χ4n) is 3.04. The van der Waals surface area contributed by atoms with Crippen molar-refractivity contribution in [3.8, 4) is 11.5 Å². The highest BCUT2D eigenvalue weighted by molar-refractivity contribution is 6.00. The average molecular weight is 400 g/mol. The number of nitrogens with zero attached hydrogens (tertiary/aromatic N) is 1. The number of pyridine rings is 1. The molecule has 0 radical (unpaired) electrons. The quantitative estimate of drug-likeness (QED) is 0.523. The average Bonchev–Trinajstić information content (AvgIpc) is 2.75. The van der Waals surface area contributed by atoms with Crippen molar-refractivity contribution in [1.82, 2.24) is 4.57 Å². The van der Waals surface area contributed by atoms with E-state index in [0.29, 0.717) is 22.7 Å². The van der Waals surface area contributed by atoms with Gasteiger partial charge in [-0.2, -0.15) is 0 Å². The van der Waals surface area contributed by atoms with E-state index in [1.54, 1.807) is 42.5 Å². The Kier molecular flexibility index (Phi) is 5.00. The molecule has 0 unspecified atom stereocenters. The number of para-hydroxylation sites is 2. The molecular formula is C23H16N2O5. The van der Waals surface area contributed by atoms with Crippen LogP contribution in [0.5, 0.6) is 11.5 Å². The third kappa shape index (κ3) is 3.77. The molecule has 0 bridgehead atoms. The van der Waals surface area contributed by atoms with Crippen LogP contribution in [0.25, 0.3) is 10.9 Å². The van der Waals surface area contributed by atoms with E-state index in [4.69, 9.17) is 4.74 Å². The zero-order valence-corrected chi connectivity index (χ0v) is 15.6. The maximum Gasteiger partial charge on any atom is 0.341 e. The maximum absolute atomic E-state index is 12.9. The van der Waals surface area contributed by atoms with Crippen LogP contribution < -0.4 is 15.5 Å². The van der Waals surface area contributed by atoms with Crippen molar-refractivity contribution in [1.29, 1.82) is 0 Å². The van der Waals surface area contributed by atoms with Crippen LogP contribution in [0.15, 0.2) is 89.9 Å². The summed E-state index contributed by atoms with van der Waals surface area (Å²) in [7, 11) is 0. The van der Waals surface area contributed by atoms with Gasteiger partial charge in [0.25, 0.3) is 0 Å². The fraction of sp³-hybridized carbons (Fsp3) is 0. The lowest BCUT2D eigenvalue weighted by atomic mass is 10.1. The number of ether oxygens (including phenoxy) is 1. The summed E-state index contributed by atoms with van der Waals surface area (Å²) >= 11 is 0. The molecule has 3 aromatic carbocycles. The number of carbonyl (C=O) groups excluding carboxylic acids is 1. The molecule has 30 heavy (non-hydrogen) atoms. The fourth-order valence-corrected chi connectivity index (χ4v) is 3.04. The molecule has 0 aliphatic heterocycles. The SMILES string of the molecule is O=C(O)c1cn(C(=O)Nc2cccc(Oc3ccccc3)c2)c2ccccc2c1=O. The molecule has 4 aromatic rings. The van der Waals surface area contributed by atoms with Crippen molar-refractivity contribution < 1.29 is 19.4 Å². The van der Waals surface area contributed by atoms with Gasteiger partial charge in [0.2, 0.25) is 5.43 Å². The number of nitrogens with one attached hydrogen (secondary N) is 1. The zero-order valence-electron chi connectivity index (χ0n) is 15.6. The third-order valence-corrected chi connectivity index (χ3v) is 4.42. The van der Waals surface area contributed by atoms with E-state index in [1.807, 2.05) is 30.3 Å². The zero-order chi connectivity index (χ0) is 21.1. The molecule has 0 saturated heterocycles. The molecule has 4 rings (SSSR count). The molecule has 0 atom stereocenters. The molecule has 2 N–H and O–H groups in total. The Hall–Kier alpha value is -4.39. The highest BCUT2D eigenvalue weighted by Crippen LogP contribution is 2.24. The lowest BCUT2D eigenvalue weighted by Crippen LogP contribution is -2.25. The van der Waals surface area contributed by atoms with E-state index in [0.717, 1.165) is 10.8 Å². The molecule has 7 heteroatoms. The first kappa shape index (κ1) is 18.9. The van der Waals surface area contributed by atoms with Crippen LogP contribution >= 0.6 is 0 Å². The van der Waals surface area contributed by atoms with E-state index in [9.17, 15) is 19.5 Å². The minimum atomic E-state index is -1.40. The van der Waals surface area contributed by atoms with Gasteiger partial charge in [-0.3, -0.25) is 9.36 Å². The molecule has 148 valence electrons. The van der Waals surface area contributed by atoms with Crippen molar-refractivity contribution in [2.75, 3.05) is 5.32 Å². The van der Waals surface area contributed by atoms with Gasteiger partial charge in [-0.15, -0.1) is 0 Å². The number of carboxylic acid groups (broad SMARTS) is 1. The van der Waals surface area contributed by atoms with Gasteiger partial charge in [0.1, 0.15) is 17.1 Å². The number of hydrogen-bond donors (Lipinski definition) is 2. The molecular weight excluding hydrogens is 384 g/mol. The van der Waals surface area contributed by atoms with Crippen molar-refractivity contribution in [3.05, 3.63) is 101 Å². The summed E-state index contributed by atoms with van der Waals surface area (Å²) in [5, 5.41) is 12.2. The number of carboxylic acids is 1. The number of rotatable bonds is 4. The van der Waals surface area contributed by atoms with Crippen LogP contribution in [0.3, 0.4) is 0 Å². The summed E-state index contributed by atoms with van der Waals surface area (Å²) in [6, 6.07) is 21.7. The van der Waals surface area contributed by atoms with E-state index in [-0.39, 0.29) is 5.39 Å². The maximum atomic E-state index is 12.9. The second-order valence-corrected chi connectivity index (χ2v) is 6.44. The highest BCUT2D eigenvalue weighted by atomic mass is 16.5. The molecule has 0 aliphatic carbocycles. The van der Waals surface area contributed by atoms with Crippen LogP contribution in [0.1, 0.15) is 10.4 Å². The lowest BCUT2D eigenvalue weighted by Gasteiger charge is -2.13. The first-order valence-corrected chi connectivity index (χ1v) is 9.05. The number of amides is 1. The Morgan fingerprint density at radius 1 is 0.867 bits per heavy atom. The van der Waals surface area contributed by atoms with Gasteiger partial charge < -0.3 is 15.2 Å². The number of carbonyl (C=O) groups is 2. The van der Waals surface area contributed by atoms with Crippen LogP contribution in [-0.4, -0.2) is 21.7 Å². The van der Waals surface area contributed by atoms with Gasteiger partial charge in [-0.1, -0.05) is 36.4 Å². The van der Waals surface area contributed by atoms with Crippen molar-refractivity contribution >= 4 is 28.6 Å². The molecule has 0 spiro atoms. The van der Waals surface area contributed by atoms with Gasteiger partial charge >= 0.3 is 12.0 Å². The first-order chi connectivity index (χ1) is 14.5. The molecule has 0 saturated carbocycles.